The van der Waals surface area contributed by atoms with Gasteiger partial charge in [-0.3, -0.25) is 0 Å². The van der Waals surface area contributed by atoms with Crippen molar-refractivity contribution in [2.75, 3.05) is 27.7 Å². The van der Waals surface area contributed by atoms with Crippen LogP contribution in [0.25, 0.3) is 11.0 Å². The lowest BCUT2D eigenvalue weighted by atomic mass is 10.1. The highest BCUT2D eigenvalue weighted by molar-refractivity contribution is 5.86. The van der Waals surface area contributed by atoms with Crippen LogP contribution in [0.4, 0.5) is 0 Å². The normalized spacial score (nSPS) is 11.2. The first kappa shape index (κ1) is 11.0. The van der Waals surface area contributed by atoms with E-state index in [1.165, 1.54) is 5.56 Å². The first-order valence-corrected chi connectivity index (χ1v) is 5.40. The second-order valence-corrected chi connectivity index (χ2v) is 4.15. The van der Waals surface area contributed by atoms with E-state index in [4.69, 9.17) is 9.15 Å². The van der Waals surface area contributed by atoms with Crippen LogP contribution < -0.4 is 4.74 Å². The van der Waals surface area contributed by atoms with E-state index in [2.05, 4.69) is 25.1 Å². The second kappa shape index (κ2) is 4.58. The van der Waals surface area contributed by atoms with Crippen LogP contribution in [0.3, 0.4) is 0 Å². The van der Waals surface area contributed by atoms with Crippen molar-refractivity contribution in [2.24, 2.45) is 0 Å². The topological polar surface area (TPSA) is 25.6 Å². The van der Waals surface area contributed by atoms with Crippen LogP contribution in [0.1, 0.15) is 5.56 Å². The Morgan fingerprint density at radius 1 is 1.31 bits per heavy atom. The molecule has 0 N–H and O–H groups in total. The first-order valence-electron chi connectivity index (χ1n) is 5.40. The Labute approximate surface area is 95.6 Å². The Morgan fingerprint density at radius 3 is 2.81 bits per heavy atom. The fourth-order valence-electron chi connectivity index (χ4n) is 1.78. The third-order valence-corrected chi connectivity index (χ3v) is 2.69. The number of nitrogens with zero attached hydrogens (tertiary/aromatic N) is 1. The molecule has 0 spiro atoms. The predicted octanol–water partition coefficient (Wildman–Crippen LogP) is 2.55. The number of fused-ring (bicyclic) bond motifs is 1. The van der Waals surface area contributed by atoms with Crippen molar-refractivity contribution in [1.82, 2.24) is 4.90 Å². The quantitative estimate of drug-likeness (QED) is 0.790. The van der Waals surface area contributed by atoms with Crippen molar-refractivity contribution in [3.05, 3.63) is 30.0 Å². The average Bonchev–Trinajstić information content (AvgIpc) is 2.69. The molecule has 3 heteroatoms. The maximum atomic E-state index is 5.56. The molecule has 0 aliphatic rings. The Balaban J connectivity index is 2.34. The summed E-state index contributed by atoms with van der Waals surface area (Å²) in [5.74, 6) is 0.800. The van der Waals surface area contributed by atoms with Crippen LogP contribution >= 0.6 is 0 Å². The summed E-state index contributed by atoms with van der Waals surface area (Å²) in [6.07, 6.45) is 2.82. The largest absolute Gasteiger partial charge is 0.493 e. The molecule has 0 saturated carbocycles. The van der Waals surface area contributed by atoms with E-state index in [9.17, 15) is 0 Å². The summed E-state index contributed by atoms with van der Waals surface area (Å²) in [5, 5.41) is 1.15. The SMILES string of the molecule is COc1cccc2c(CCN(C)C)coc12. The fraction of sp³-hybridized carbons (Fsp3) is 0.385. The number of hydrogen-bond donors (Lipinski definition) is 0. The highest BCUT2D eigenvalue weighted by atomic mass is 16.5. The minimum Gasteiger partial charge on any atom is -0.493 e. The molecule has 1 heterocycles. The molecule has 0 amide bonds. The molecule has 0 fully saturated rings. The second-order valence-electron chi connectivity index (χ2n) is 4.15. The molecule has 2 aromatic rings. The van der Waals surface area contributed by atoms with E-state index in [1.807, 2.05) is 18.4 Å². The van der Waals surface area contributed by atoms with Gasteiger partial charge < -0.3 is 14.1 Å². The lowest BCUT2D eigenvalue weighted by Gasteiger charge is -2.07. The van der Waals surface area contributed by atoms with Gasteiger partial charge in [-0.2, -0.15) is 0 Å². The Kier molecular flexibility index (Phi) is 3.15. The van der Waals surface area contributed by atoms with E-state index in [0.29, 0.717) is 0 Å². The van der Waals surface area contributed by atoms with Crippen molar-refractivity contribution in [2.45, 2.75) is 6.42 Å². The van der Waals surface area contributed by atoms with Gasteiger partial charge in [0.05, 0.1) is 13.4 Å². The molecule has 1 aromatic heterocycles. The number of ether oxygens (including phenoxy) is 1. The van der Waals surface area contributed by atoms with Crippen molar-refractivity contribution in [3.63, 3.8) is 0 Å². The van der Waals surface area contributed by atoms with Crippen molar-refractivity contribution < 1.29 is 9.15 Å². The molecule has 1 aromatic carbocycles. The van der Waals surface area contributed by atoms with Crippen LogP contribution in [0.5, 0.6) is 5.75 Å². The maximum absolute atomic E-state index is 5.56. The molecule has 0 aliphatic carbocycles. The number of benzene rings is 1. The van der Waals surface area contributed by atoms with Crippen LogP contribution in [-0.4, -0.2) is 32.6 Å². The lowest BCUT2D eigenvalue weighted by Crippen LogP contribution is -2.14. The zero-order valence-corrected chi connectivity index (χ0v) is 9.99. The summed E-state index contributed by atoms with van der Waals surface area (Å²) in [6.45, 7) is 1.02. The zero-order valence-electron chi connectivity index (χ0n) is 9.99. The van der Waals surface area contributed by atoms with Gasteiger partial charge in [-0.25, -0.2) is 0 Å². The molecule has 0 saturated heterocycles. The van der Waals surface area contributed by atoms with Gasteiger partial charge in [0, 0.05) is 11.9 Å². The molecular formula is C13H17NO2. The van der Waals surface area contributed by atoms with E-state index in [1.54, 1.807) is 7.11 Å². The summed E-state index contributed by atoms with van der Waals surface area (Å²) < 4.78 is 10.8. The Morgan fingerprint density at radius 2 is 2.12 bits per heavy atom. The van der Waals surface area contributed by atoms with Crippen molar-refractivity contribution in [1.29, 1.82) is 0 Å². The number of furan rings is 1. The summed E-state index contributed by atoms with van der Waals surface area (Å²) in [5.41, 5.74) is 2.08. The van der Waals surface area contributed by atoms with Crippen LogP contribution in [0, 0.1) is 0 Å². The number of methoxy groups -OCH3 is 1. The molecule has 0 radical (unpaired) electrons. The van der Waals surface area contributed by atoms with Gasteiger partial charge in [0.15, 0.2) is 11.3 Å². The molecule has 16 heavy (non-hydrogen) atoms. The molecule has 0 aliphatic heterocycles. The average molecular weight is 219 g/mol. The molecule has 0 bridgehead atoms. The van der Waals surface area contributed by atoms with E-state index in [0.717, 1.165) is 29.7 Å². The van der Waals surface area contributed by atoms with E-state index >= 15 is 0 Å². The smallest absolute Gasteiger partial charge is 0.175 e. The van der Waals surface area contributed by atoms with E-state index in [-0.39, 0.29) is 0 Å². The van der Waals surface area contributed by atoms with Crippen LogP contribution in [0.15, 0.2) is 28.9 Å². The summed E-state index contributed by atoms with van der Waals surface area (Å²) in [7, 11) is 5.81. The molecule has 3 nitrogen and oxygen atoms in total. The molecule has 0 unspecified atom stereocenters. The summed E-state index contributed by atoms with van der Waals surface area (Å²) in [4.78, 5) is 2.17. The third-order valence-electron chi connectivity index (χ3n) is 2.69. The van der Waals surface area contributed by atoms with Gasteiger partial charge in [-0.1, -0.05) is 12.1 Å². The molecule has 2 rings (SSSR count). The third kappa shape index (κ3) is 2.04. The van der Waals surface area contributed by atoms with Gasteiger partial charge in [-0.05, 0) is 32.1 Å². The monoisotopic (exact) mass is 219 g/mol. The van der Waals surface area contributed by atoms with Gasteiger partial charge in [0.25, 0.3) is 0 Å². The highest BCUT2D eigenvalue weighted by Gasteiger charge is 2.09. The first-order chi connectivity index (χ1) is 7.72. The standard InChI is InChI=1S/C13H17NO2/c1-14(2)8-7-10-9-16-13-11(10)5-4-6-12(13)15-3/h4-6,9H,7-8H2,1-3H3. The number of hydrogen-bond acceptors (Lipinski definition) is 3. The van der Waals surface area contributed by atoms with Crippen molar-refractivity contribution in [3.8, 4) is 5.75 Å². The Bertz CT molecular complexity index is 474. The van der Waals surface area contributed by atoms with E-state index < -0.39 is 0 Å². The number of para-hydroxylation sites is 1. The summed E-state index contributed by atoms with van der Waals surface area (Å²) in [6, 6.07) is 5.99. The van der Waals surface area contributed by atoms with Crippen LogP contribution in [-0.2, 0) is 6.42 Å². The summed E-state index contributed by atoms with van der Waals surface area (Å²) >= 11 is 0. The number of rotatable bonds is 4. The molecular weight excluding hydrogens is 202 g/mol. The minimum absolute atomic E-state index is 0.800. The molecule has 86 valence electrons. The van der Waals surface area contributed by atoms with Gasteiger partial charge >= 0.3 is 0 Å². The lowest BCUT2D eigenvalue weighted by molar-refractivity contribution is 0.409. The van der Waals surface area contributed by atoms with Gasteiger partial charge in [0.1, 0.15) is 0 Å². The van der Waals surface area contributed by atoms with Crippen LogP contribution in [0.2, 0.25) is 0 Å². The Hall–Kier alpha value is -1.48. The maximum Gasteiger partial charge on any atom is 0.175 e. The minimum atomic E-state index is 0.800. The fourth-order valence-corrected chi connectivity index (χ4v) is 1.78. The highest BCUT2D eigenvalue weighted by Crippen LogP contribution is 2.29. The van der Waals surface area contributed by atoms with Gasteiger partial charge in [-0.15, -0.1) is 0 Å². The predicted molar refractivity (Wildman–Crippen MR) is 65.0 cm³/mol. The van der Waals surface area contributed by atoms with Gasteiger partial charge in [0.2, 0.25) is 0 Å². The number of likely N-dealkylation sites (N-methyl/N-ethyl adjacent to an activating group) is 1. The van der Waals surface area contributed by atoms with Crippen molar-refractivity contribution >= 4 is 11.0 Å². The molecule has 0 atom stereocenters. The zero-order chi connectivity index (χ0) is 11.5.